The molecule has 20 heavy (non-hydrogen) atoms. The van der Waals surface area contributed by atoms with E-state index in [2.05, 4.69) is 15.3 Å². The van der Waals surface area contributed by atoms with Gasteiger partial charge in [-0.25, -0.2) is 4.98 Å². The lowest BCUT2D eigenvalue weighted by Crippen LogP contribution is -2.56. The minimum absolute atomic E-state index is 0.0474. The van der Waals surface area contributed by atoms with Crippen molar-refractivity contribution in [3.8, 4) is 0 Å². The van der Waals surface area contributed by atoms with Crippen LogP contribution in [-0.4, -0.2) is 33.1 Å². The van der Waals surface area contributed by atoms with Gasteiger partial charge in [0.25, 0.3) is 0 Å². The average molecular weight is 279 g/mol. The molecule has 5 heteroatoms. The summed E-state index contributed by atoms with van der Waals surface area (Å²) in [5.74, 6) is 0.0789. The third-order valence-corrected chi connectivity index (χ3v) is 3.87. The summed E-state index contributed by atoms with van der Waals surface area (Å²) in [6.07, 6.45) is 4.46. The summed E-state index contributed by atoms with van der Waals surface area (Å²) >= 11 is 0. The second-order valence-electron chi connectivity index (χ2n) is 5.78. The molecule has 1 heterocycles. The van der Waals surface area contributed by atoms with Gasteiger partial charge in [0.05, 0.1) is 17.9 Å². The molecule has 0 radical (unpaired) electrons. The second-order valence-corrected chi connectivity index (χ2v) is 5.78. The molecule has 0 aliphatic carbocycles. The highest BCUT2D eigenvalue weighted by Gasteiger charge is 2.33. The number of Topliss-reactive ketones (excluding diaryl/α,β-unsaturated/α-hetero) is 2. The van der Waals surface area contributed by atoms with Crippen LogP contribution in [0.3, 0.4) is 0 Å². The molecule has 0 aliphatic heterocycles. The lowest BCUT2D eigenvalue weighted by atomic mass is 9.89. The van der Waals surface area contributed by atoms with Crippen molar-refractivity contribution < 1.29 is 9.59 Å². The molecule has 2 N–H and O–H groups in total. The van der Waals surface area contributed by atoms with Gasteiger partial charge in [0.15, 0.2) is 5.78 Å². The molecule has 1 unspecified atom stereocenters. The Labute approximate surface area is 120 Å². The fourth-order valence-electron chi connectivity index (χ4n) is 2.08. The summed E-state index contributed by atoms with van der Waals surface area (Å²) < 4.78 is 0. The maximum absolute atomic E-state index is 12.4. The number of hydrogen-bond donors (Lipinski definition) is 2. The van der Waals surface area contributed by atoms with Crippen molar-refractivity contribution in [2.75, 3.05) is 0 Å². The first-order chi connectivity index (χ1) is 9.30. The Morgan fingerprint density at radius 1 is 1.45 bits per heavy atom. The van der Waals surface area contributed by atoms with Crippen LogP contribution >= 0.6 is 0 Å². The van der Waals surface area contributed by atoms with Crippen molar-refractivity contribution in [1.29, 1.82) is 0 Å². The molecule has 0 aliphatic rings. The third kappa shape index (κ3) is 4.00. The topological polar surface area (TPSA) is 74.8 Å². The highest BCUT2D eigenvalue weighted by atomic mass is 16.1. The van der Waals surface area contributed by atoms with E-state index in [1.807, 2.05) is 27.7 Å². The molecule has 1 rings (SSSR count). The van der Waals surface area contributed by atoms with Crippen LogP contribution in [0.1, 0.15) is 46.7 Å². The smallest absolute Gasteiger partial charge is 0.152 e. The monoisotopic (exact) mass is 279 g/mol. The van der Waals surface area contributed by atoms with Gasteiger partial charge >= 0.3 is 0 Å². The standard InChI is InChI=1S/C15H25N3O2/c1-6-15(5,11(4)19)18-13(14(20)10(2)3)7-12-8-16-9-17-12/h8-10,13,18H,6-7H2,1-5H3,(H,16,17)/t13?,15-/m0/s1. The van der Waals surface area contributed by atoms with Crippen molar-refractivity contribution in [3.05, 3.63) is 18.2 Å². The zero-order valence-corrected chi connectivity index (χ0v) is 13.0. The molecule has 112 valence electrons. The number of carbonyl (C=O) groups excluding carboxylic acids is 2. The Kier molecular flexibility index (Phi) is 5.62. The summed E-state index contributed by atoms with van der Waals surface area (Å²) in [4.78, 5) is 31.2. The van der Waals surface area contributed by atoms with Crippen molar-refractivity contribution in [2.45, 2.75) is 59.0 Å². The predicted molar refractivity (Wildman–Crippen MR) is 78.4 cm³/mol. The van der Waals surface area contributed by atoms with Crippen LogP contribution in [0.5, 0.6) is 0 Å². The van der Waals surface area contributed by atoms with Crippen molar-refractivity contribution >= 4 is 11.6 Å². The Bertz CT molecular complexity index is 454. The highest BCUT2D eigenvalue weighted by Crippen LogP contribution is 2.15. The van der Waals surface area contributed by atoms with Gasteiger partial charge in [-0.1, -0.05) is 20.8 Å². The van der Waals surface area contributed by atoms with E-state index in [0.717, 1.165) is 5.69 Å². The molecule has 1 aromatic rings. The van der Waals surface area contributed by atoms with Crippen LogP contribution in [0.2, 0.25) is 0 Å². The number of aromatic amines is 1. The van der Waals surface area contributed by atoms with Gasteiger partial charge in [-0.3, -0.25) is 14.9 Å². The number of aromatic nitrogens is 2. The van der Waals surface area contributed by atoms with Gasteiger partial charge in [-0.05, 0) is 20.3 Å². The van der Waals surface area contributed by atoms with E-state index in [9.17, 15) is 9.59 Å². The fourth-order valence-corrected chi connectivity index (χ4v) is 2.08. The van der Waals surface area contributed by atoms with E-state index in [1.54, 1.807) is 19.4 Å². The molecule has 0 bridgehead atoms. The molecule has 5 nitrogen and oxygen atoms in total. The molecule has 0 amide bonds. The van der Waals surface area contributed by atoms with E-state index in [0.29, 0.717) is 12.8 Å². The summed E-state index contributed by atoms with van der Waals surface area (Å²) in [6, 6.07) is -0.385. The summed E-state index contributed by atoms with van der Waals surface area (Å²) in [5.41, 5.74) is 0.216. The van der Waals surface area contributed by atoms with Gasteiger partial charge in [0.2, 0.25) is 0 Å². The van der Waals surface area contributed by atoms with Gasteiger partial charge in [0.1, 0.15) is 5.78 Å². The van der Waals surface area contributed by atoms with E-state index in [1.165, 1.54) is 0 Å². The average Bonchev–Trinajstić information content (AvgIpc) is 2.89. The van der Waals surface area contributed by atoms with Crippen LogP contribution in [0.25, 0.3) is 0 Å². The molecule has 0 saturated heterocycles. The Hall–Kier alpha value is -1.49. The first-order valence-electron chi connectivity index (χ1n) is 7.10. The number of ketones is 2. The molecule has 1 aromatic heterocycles. The summed E-state index contributed by atoms with van der Waals surface area (Å²) in [7, 11) is 0. The zero-order chi connectivity index (χ0) is 15.3. The Morgan fingerprint density at radius 3 is 2.50 bits per heavy atom. The van der Waals surface area contributed by atoms with E-state index >= 15 is 0 Å². The summed E-state index contributed by atoms with van der Waals surface area (Å²) in [5, 5.41) is 3.25. The number of hydrogen-bond acceptors (Lipinski definition) is 4. The third-order valence-electron chi connectivity index (χ3n) is 3.87. The van der Waals surface area contributed by atoms with E-state index in [4.69, 9.17) is 0 Å². The predicted octanol–water partition coefficient (Wildman–Crippen LogP) is 1.89. The number of imidazole rings is 1. The lowest BCUT2D eigenvalue weighted by Gasteiger charge is -2.32. The van der Waals surface area contributed by atoms with Gasteiger partial charge in [-0.2, -0.15) is 0 Å². The Morgan fingerprint density at radius 2 is 2.10 bits per heavy atom. The number of H-pyrrole nitrogens is 1. The van der Waals surface area contributed by atoms with Crippen molar-refractivity contribution in [2.24, 2.45) is 5.92 Å². The minimum atomic E-state index is -0.671. The van der Waals surface area contributed by atoms with Crippen LogP contribution < -0.4 is 5.32 Å². The van der Waals surface area contributed by atoms with Gasteiger partial charge < -0.3 is 4.98 Å². The number of nitrogens with one attached hydrogen (secondary N) is 2. The zero-order valence-electron chi connectivity index (χ0n) is 13.0. The quantitative estimate of drug-likeness (QED) is 0.762. The summed E-state index contributed by atoms with van der Waals surface area (Å²) in [6.45, 7) is 9.11. The van der Waals surface area contributed by atoms with Crippen LogP contribution in [0, 0.1) is 5.92 Å². The SMILES string of the molecule is CC[C@](C)(NC(Cc1cnc[nH]1)C(=O)C(C)C)C(C)=O. The molecule has 0 saturated carbocycles. The first-order valence-corrected chi connectivity index (χ1v) is 7.10. The number of rotatable bonds is 8. The largest absolute Gasteiger partial charge is 0.348 e. The highest BCUT2D eigenvalue weighted by molar-refractivity contribution is 5.89. The maximum atomic E-state index is 12.4. The van der Waals surface area contributed by atoms with E-state index in [-0.39, 0.29) is 23.5 Å². The lowest BCUT2D eigenvalue weighted by molar-refractivity contribution is -0.127. The molecule has 2 atom stereocenters. The molecule has 0 spiro atoms. The van der Waals surface area contributed by atoms with E-state index < -0.39 is 5.54 Å². The second kappa shape index (κ2) is 6.79. The van der Waals surface area contributed by atoms with Crippen LogP contribution in [-0.2, 0) is 16.0 Å². The van der Waals surface area contributed by atoms with Crippen LogP contribution in [0.4, 0.5) is 0 Å². The molecule has 0 aromatic carbocycles. The van der Waals surface area contributed by atoms with Gasteiger partial charge in [-0.15, -0.1) is 0 Å². The van der Waals surface area contributed by atoms with Crippen LogP contribution in [0.15, 0.2) is 12.5 Å². The molecule has 0 fully saturated rings. The van der Waals surface area contributed by atoms with Gasteiger partial charge in [0, 0.05) is 24.2 Å². The first kappa shape index (κ1) is 16.6. The fraction of sp³-hybridized carbons (Fsp3) is 0.667. The number of nitrogens with zero attached hydrogens (tertiary/aromatic N) is 1. The maximum Gasteiger partial charge on any atom is 0.152 e. The van der Waals surface area contributed by atoms with Crippen molar-refractivity contribution in [3.63, 3.8) is 0 Å². The molecular formula is C15H25N3O2. The molecular weight excluding hydrogens is 254 g/mol. The minimum Gasteiger partial charge on any atom is -0.348 e. The Balaban J connectivity index is 2.93. The number of carbonyl (C=O) groups is 2. The van der Waals surface area contributed by atoms with Crippen molar-refractivity contribution in [1.82, 2.24) is 15.3 Å². The normalized spacial score (nSPS) is 15.9.